The Labute approximate surface area is 173 Å². The van der Waals surface area contributed by atoms with Crippen LogP contribution in [0.2, 0.25) is 10.0 Å². The van der Waals surface area contributed by atoms with Gasteiger partial charge in [0.2, 0.25) is 0 Å². The first-order valence-corrected chi connectivity index (χ1v) is 9.41. The van der Waals surface area contributed by atoms with Crippen LogP contribution in [0.1, 0.15) is 30.8 Å². The molecular formula is C18H15Cl2F3N6. The number of rotatable bonds is 4. The van der Waals surface area contributed by atoms with Crippen molar-refractivity contribution >= 4 is 34.6 Å². The van der Waals surface area contributed by atoms with Crippen molar-refractivity contribution in [3.8, 4) is 0 Å². The molecule has 0 unspecified atom stereocenters. The highest BCUT2D eigenvalue weighted by molar-refractivity contribution is 6.42. The van der Waals surface area contributed by atoms with Gasteiger partial charge in [-0.2, -0.15) is 23.4 Å². The molecule has 0 bridgehead atoms. The highest BCUT2D eigenvalue weighted by atomic mass is 35.5. The summed E-state index contributed by atoms with van der Waals surface area (Å²) in [7, 11) is 0. The second-order valence-electron chi connectivity index (χ2n) is 6.57. The van der Waals surface area contributed by atoms with Gasteiger partial charge in [-0.15, -0.1) is 0 Å². The molecule has 0 aliphatic carbocycles. The van der Waals surface area contributed by atoms with E-state index < -0.39 is 18.6 Å². The average Bonchev–Trinajstić information content (AvgIpc) is 3.29. The van der Waals surface area contributed by atoms with Crippen molar-refractivity contribution in [3.63, 3.8) is 0 Å². The lowest BCUT2D eigenvalue weighted by atomic mass is 9.95. The van der Waals surface area contributed by atoms with Gasteiger partial charge in [-0.25, -0.2) is 14.3 Å². The molecular weight excluding hydrogens is 428 g/mol. The van der Waals surface area contributed by atoms with Crippen molar-refractivity contribution in [2.45, 2.75) is 32.1 Å². The Morgan fingerprint density at radius 3 is 2.66 bits per heavy atom. The van der Waals surface area contributed by atoms with E-state index in [0.29, 0.717) is 21.4 Å². The molecule has 6 nitrogen and oxygen atoms in total. The molecule has 1 aliphatic heterocycles. The largest absolute Gasteiger partial charge is 0.390 e. The van der Waals surface area contributed by atoms with Crippen LogP contribution in [0.3, 0.4) is 0 Å². The van der Waals surface area contributed by atoms with E-state index in [1.807, 2.05) is 6.92 Å². The predicted molar refractivity (Wildman–Crippen MR) is 104 cm³/mol. The number of nitrogens with zero attached hydrogens (tertiary/aromatic N) is 5. The molecule has 0 saturated heterocycles. The van der Waals surface area contributed by atoms with E-state index in [4.69, 9.17) is 23.2 Å². The van der Waals surface area contributed by atoms with Crippen molar-refractivity contribution in [2.75, 3.05) is 5.32 Å². The minimum atomic E-state index is -4.30. The molecule has 4 rings (SSSR count). The van der Waals surface area contributed by atoms with E-state index in [9.17, 15) is 13.2 Å². The lowest BCUT2D eigenvalue weighted by Gasteiger charge is -2.30. The fourth-order valence-corrected chi connectivity index (χ4v) is 3.66. The summed E-state index contributed by atoms with van der Waals surface area (Å²) < 4.78 is 41.2. The summed E-state index contributed by atoms with van der Waals surface area (Å²) in [5.41, 5.74) is 2.15. The van der Waals surface area contributed by atoms with Crippen molar-refractivity contribution in [1.29, 1.82) is 0 Å². The summed E-state index contributed by atoms with van der Waals surface area (Å²) in [6, 6.07) is 6.53. The Morgan fingerprint density at radius 2 is 1.93 bits per heavy atom. The van der Waals surface area contributed by atoms with Crippen LogP contribution < -0.4 is 5.32 Å². The van der Waals surface area contributed by atoms with Gasteiger partial charge in [0, 0.05) is 17.3 Å². The summed E-state index contributed by atoms with van der Waals surface area (Å²) in [6.07, 6.45) is -2.42. The van der Waals surface area contributed by atoms with Crippen LogP contribution >= 0.6 is 23.2 Å². The number of nitrogens with one attached hydrogen (secondary N) is 1. The number of benzene rings is 1. The first-order chi connectivity index (χ1) is 13.7. The van der Waals surface area contributed by atoms with Gasteiger partial charge in [-0.3, -0.25) is 0 Å². The number of hydrogen-bond acceptors (Lipinski definition) is 4. The summed E-state index contributed by atoms with van der Waals surface area (Å²) in [5, 5.41) is 12.4. The normalized spacial score (nSPS) is 16.7. The van der Waals surface area contributed by atoms with Gasteiger partial charge in [0.15, 0.2) is 5.82 Å². The van der Waals surface area contributed by atoms with Gasteiger partial charge >= 0.3 is 6.18 Å². The van der Waals surface area contributed by atoms with Crippen molar-refractivity contribution in [1.82, 2.24) is 24.5 Å². The van der Waals surface area contributed by atoms with Gasteiger partial charge in [0.1, 0.15) is 18.2 Å². The molecule has 0 amide bonds. The minimum Gasteiger partial charge on any atom is -0.344 e. The fraction of sp³-hybridized carbons (Fsp3) is 0.278. The van der Waals surface area contributed by atoms with Crippen LogP contribution in [-0.2, 0) is 6.54 Å². The van der Waals surface area contributed by atoms with Crippen LogP contribution in [0.5, 0.6) is 0 Å². The third kappa shape index (κ3) is 3.84. The van der Waals surface area contributed by atoms with E-state index in [0.717, 1.165) is 17.1 Å². The third-order valence-corrected chi connectivity index (χ3v) is 5.37. The first-order valence-electron chi connectivity index (χ1n) is 8.66. The summed E-state index contributed by atoms with van der Waals surface area (Å²) in [6.45, 7) is 1.49. The summed E-state index contributed by atoms with van der Waals surface area (Å²) in [5.74, 6) is 1.07. The molecule has 0 radical (unpaired) electrons. The number of hydrogen-bond donors (Lipinski definition) is 1. The minimum absolute atomic E-state index is 0.330. The summed E-state index contributed by atoms with van der Waals surface area (Å²) in [4.78, 5) is 4.25. The lowest BCUT2D eigenvalue weighted by molar-refractivity contribution is -0.137. The van der Waals surface area contributed by atoms with Gasteiger partial charge in [-0.1, -0.05) is 29.3 Å². The average molecular weight is 443 g/mol. The molecule has 0 fully saturated rings. The molecule has 0 spiro atoms. The highest BCUT2D eigenvalue weighted by Crippen LogP contribution is 2.41. The molecule has 1 aromatic carbocycles. The first kappa shape index (κ1) is 19.8. The zero-order valence-electron chi connectivity index (χ0n) is 15.1. The number of aryl methyl sites for hydroxylation is 1. The number of alkyl halides is 3. The van der Waals surface area contributed by atoms with Crippen LogP contribution in [0, 0.1) is 0 Å². The fourth-order valence-electron chi connectivity index (χ4n) is 3.36. The molecule has 3 aromatic rings. The second kappa shape index (κ2) is 7.38. The van der Waals surface area contributed by atoms with Crippen molar-refractivity contribution in [3.05, 3.63) is 63.9 Å². The quantitative estimate of drug-likeness (QED) is 0.604. The Hall–Kier alpha value is -2.52. The van der Waals surface area contributed by atoms with Crippen LogP contribution in [-0.4, -0.2) is 30.7 Å². The molecule has 3 heterocycles. The monoisotopic (exact) mass is 442 g/mol. The Balaban J connectivity index is 1.83. The van der Waals surface area contributed by atoms with E-state index in [1.165, 1.54) is 11.0 Å². The Bertz CT molecular complexity index is 1090. The Kier molecular flexibility index (Phi) is 5.04. The topological polar surface area (TPSA) is 60.6 Å². The smallest absolute Gasteiger partial charge is 0.344 e. The van der Waals surface area contributed by atoms with Gasteiger partial charge < -0.3 is 5.32 Å². The molecule has 0 saturated carbocycles. The van der Waals surface area contributed by atoms with Crippen molar-refractivity contribution < 1.29 is 13.2 Å². The molecule has 29 heavy (non-hydrogen) atoms. The van der Waals surface area contributed by atoms with E-state index in [2.05, 4.69) is 20.5 Å². The zero-order valence-corrected chi connectivity index (χ0v) is 16.6. The van der Waals surface area contributed by atoms with Gasteiger partial charge in [0.25, 0.3) is 0 Å². The molecule has 11 heteroatoms. The maximum Gasteiger partial charge on any atom is 0.390 e. The Morgan fingerprint density at radius 1 is 1.14 bits per heavy atom. The standard InChI is InChI=1S/C18H15Cl2F3N6/c1-10-15(17-24-9-26-28(17)7-5-18(21,22)23)16(29-14(27-10)4-6-25-29)11-2-3-12(19)13(20)8-11/h2-4,6,8-9,16,27H,5,7H2,1H3/t16-/m1/s1. The number of anilines is 1. The number of allylic oxidation sites excluding steroid dienone is 2. The maximum atomic E-state index is 12.8. The zero-order chi connectivity index (χ0) is 20.8. The number of aromatic nitrogens is 5. The lowest BCUT2D eigenvalue weighted by Crippen LogP contribution is -2.26. The predicted octanol–water partition coefficient (Wildman–Crippen LogP) is 5.18. The summed E-state index contributed by atoms with van der Waals surface area (Å²) >= 11 is 12.3. The van der Waals surface area contributed by atoms with E-state index in [-0.39, 0.29) is 6.54 Å². The molecule has 1 N–H and O–H groups in total. The second-order valence-corrected chi connectivity index (χ2v) is 7.39. The molecule has 1 aliphatic rings. The molecule has 152 valence electrons. The van der Waals surface area contributed by atoms with E-state index >= 15 is 0 Å². The van der Waals surface area contributed by atoms with E-state index in [1.54, 1.807) is 35.1 Å². The maximum absolute atomic E-state index is 12.8. The van der Waals surface area contributed by atoms with Gasteiger partial charge in [-0.05, 0) is 24.6 Å². The molecule has 2 aromatic heterocycles. The van der Waals surface area contributed by atoms with Gasteiger partial charge in [0.05, 0.1) is 29.2 Å². The van der Waals surface area contributed by atoms with Crippen LogP contribution in [0.25, 0.3) is 5.57 Å². The van der Waals surface area contributed by atoms with Crippen LogP contribution in [0.15, 0.2) is 42.5 Å². The molecule has 1 atom stereocenters. The SMILES string of the molecule is CC1=C(c2ncnn2CCC(F)(F)F)[C@@H](c2ccc(Cl)c(Cl)c2)n2nccc2N1. The number of fused-ring (bicyclic) bond motifs is 1. The van der Waals surface area contributed by atoms with Crippen molar-refractivity contribution in [2.24, 2.45) is 0 Å². The highest BCUT2D eigenvalue weighted by Gasteiger charge is 2.33. The number of halogens is 5. The van der Waals surface area contributed by atoms with Crippen LogP contribution in [0.4, 0.5) is 19.0 Å². The third-order valence-electron chi connectivity index (χ3n) is 4.63.